The molecule has 3 aromatic rings. The second-order valence-corrected chi connectivity index (χ2v) is 6.19. The second-order valence-electron chi connectivity index (χ2n) is 6.19. The quantitative estimate of drug-likeness (QED) is 0.651. The van der Waals surface area contributed by atoms with Crippen molar-refractivity contribution in [2.45, 2.75) is 40.3 Å². The summed E-state index contributed by atoms with van der Waals surface area (Å²) in [5.41, 5.74) is 4.09. The molecule has 8 heteroatoms. The number of ether oxygens (including phenoxy) is 1. The molecular weight excluding hydrogens is 318 g/mol. The standard InChI is InChI=1S/C17H25N7O/c1-6-14-9-16(24-17(19-14)12(2)13(3)21-24)22(4)10-15-20-18-11-23(15)7-8-25-5/h9,11H,6-8,10H2,1-5H3. The average molecular weight is 343 g/mol. The third kappa shape index (κ3) is 3.34. The van der Waals surface area contributed by atoms with Gasteiger partial charge >= 0.3 is 0 Å². The van der Waals surface area contributed by atoms with Crippen molar-refractivity contribution < 1.29 is 4.74 Å². The summed E-state index contributed by atoms with van der Waals surface area (Å²) in [4.78, 5) is 6.87. The van der Waals surface area contributed by atoms with Crippen LogP contribution in [0, 0.1) is 13.8 Å². The zero-order valence-corrected chi connectivity index (χ0v) is 15.5. The van der Waals surface area contributed by atoms with E-state index >= 15 is 0 Å². The maximum atomic E-state index is 5.15. The molecule has 0 N–H and O–H groups in total. The van der Waals surface area contributed by atoms with Crippen molar-refractivity contribution in [2.24, 2.45) is 0 Å². The van der Waals surface area contributed by atoms with Gasteiger partial charge < -0.3 is 14.2 Å². The summed E-state index contributed by atoms with van der Waals surface area (Å²) in [7, 11) is 3.73. The van der Waals surface area contributed by atoms with Gasteiger partial charge in [0.05, 0.1) is 18.8 Å². The minimum Gasteiger partial charge on any atom is -0.383 e. The number of hydrogen-bond donors (Lipinski definition) is 0. The predicted molar refractivity (Wildman–Crippen MR) is 95.8 cm³/mol. The van der Waals surface area contributed by atoms with E-state index < -0.39 is 0 Å². The van der Waals surface area contributed by atoms with Crippen molar-refractivity contribution in [1.82, 2.24) is 29.4 Å². The molecule has 0 radical (unpaired) electrons. The molecule has 3 rings (SSSR count). The number of hydrogen-bond acceptors (Lipinski definition) is 6. The Morgan fingerprint density at radius 1 is 1.28 bits per heavy atom. The van der Waals surface area contributed by atoms with Crippen LogP contribution >= 0.6 is 0 Å². The lowest BCUT2D eigenvalue weighted by atomic mass is 10.2. The van der Waals surface area contributed by atoms with E-state index in [0.29, 0.717) is 13.2 Å². The summed E-state index contributed by atoms with van der Waals surface area (Å²) in [6, 6.07) is 2.09. The van der Waals surface area contributed by atoms with E-state index in [4.69, 9.17) is 9.72 Å². The van der Waals surface area contributed by atoms with Crippen LogP contribution in [0.5, 0.6) is 0 Å². The first-order valence-electron chi connectivity index (χ1n) is 8.47. The largest absolute Gasteiger partial charge is 0.383 e. The second kappa shape index (κ2) is 7.18. The van der Waals surface area contributed by atoms with E-state index in [1.54, 1.807) is 13.4 Å². The van der Waals surface area contributed by atoms with Gasteiger partial charge in [-0.2, -0.15) is 9.61 Å². The topological polar surface area (TPSA) is 73.4 Å². The minimum absolute atomic E-state index is 0.629. The van der Waals surface area contributed by atoms with Gasteiger partial charge in [0.25, 0.3) is 0 Å². The predicted octanol–water partition coefficient (Wildman–Crippen LogP) is 1.78. The van der Waals surface area contributed by atoms with Gasteiger partial charge in [-0.25, -0.2) is 4.98 Å². The molecule has 0 aromatic carbocycles. The van der Waals surface area contributed by atoms with Gasteiger partial charge in [-0.15, -0.1) is 10.2 Å². The number of rotatable bonds is 7. The third-order valence-electron chi connectivity index (χ3n) is 4.45. The van der Waals surface area contributed by atoms with E-state index in [0.717, 1.165) is 47.2 Å². The maximum absolute atomic E-state index is 5.15. The van der Waals surface area contributed by atoms with E-state index in [2.05, 4.69) is 40.1 Å². The fourth-order valence-corrected chi connectivity index (χ4v) is 2.79. The number of aromatic nitrogens is 6. The number of methoxy groups -OCH3 is 1. The van der Waals surface area contributed by atoms with Crippen LogP contribution in [0.15, 0.2) is 12.4 Å². The summed E-state index contributed by atoms with van der Waals surface area (Å²) in [5, 5.41) is 12.9. The molecule has 25 heavy (non-hydrogen) atoms. The highest BCUT2D eigenvalue weighted by Gasteiger charge is 2.16. The zero-order chi connectivity index (χ0) is 18.0. The van der Waals surface area contributed by atoms with Gasteiger partial charge in [-0.1, -0.05) is 6.92 Å². The molecule has 3 heterocycles. The summed E-state index contributed by atoms with van der Waals surface area (Å²) in [6.45, 7) is 8.19. The average Bonchev–Trinajstić information content (AvgIpc) is 3.17. The van der Waals surface area contributed by atoms with Crippen molar-refractivity contribution in [2.75, 3.05) is 25.7 Å². The van der Waals surface area contributed by atoms with Gasteiger partial charge in [-0.3, -0.25) is 0 Å². The molecule has 3 aromatic heterocycles. The number of anilines is 1. The molecule has 0 amide bonds. The van der Waals surface area contributed by atoms with Crippen molar-refractivity contribution in [1.29, 1.82) is 0 Å². The van der Waals surface area contributed by atoms with Crippen LogP contribution in [0.25, 0.3) is 5.65 Å². The highest BCUT2D eigenvalue weighted by atomic mass is 16.5. The van der Waals surface area contributed by atoms with E-state index in [1.165, 1.54) is 0 Å². The Labute approximate surface area is 147 Å². The summed E-state index contributed by atoms with van der Waals surface area (Å²) in [5.74, 6) is 1.89. The summed E-state index contributed by atoms with van der Waals surface area (Å²) >= 11 is 0. The first-order chi connectivity index (χ1) is 12.0. The fourth-order valence-electron chi connectivity index (χ4n) is 2.79. The Hall–Kier alpha value is -2.48. The van der Waals surface area contributed by atoms with E-state index in [1.807, 2.05) is 23.1 Å². The number of nitrogens with zero attached hydrogens (tertiary/aromatic N) is 7. The Kier molecular flexibility index (Phi) is 4.98. The lowest BCUT2D eigenvalue weighted by Gasteiger charge is -2.20. The van der Waals surface area contributed by atoms with Gasteiger partial charge in [0, 0.05) is 38.0 Å². The third-order valence-corrected chi connectivity index (χ3v) is 4.45. The Balaban J connectivity index is 1.95. The molecule has 134 valence electrons. The van der Waals surface area contributed by atoms with Crippen LogP contribution in [-0.2, 0) is 24.2 Å². The van der Waals surface area contributed by atoms with Crippen LogP contribution in [0.4, 0.5) is 5.82 Å². The van der Waals surface area contributed by atoms with Crippen LogP contribution in [0.2, 0.25) is 0 Å². The van der Waals surface area contributed by atoms with E-state index in [-0.39, 0.29) is 0 Å². The molecule has 0 spiro atoms. The Morgan fingerprint density at radius 3 is 2.80 bits per heavy atom. The maximum Gasteiger partial charge on any atom is 0.160 e. The minimum atomic E-state index is 0.629. The molecule has 0 saturated heterocycles. The highest BCUT2D eigenvalue weighted by molar-refractivity contribution is 5.56. The molecule has 0 aliphatic rings. The highest BCUT2D eigenvalue weighted by Crippen LogP contribution is 2.22. The molecule has 0 aliphatic heterocycles. The normalized spacial score (nSPS) is 11.4. The molecule has 8 nitrogen and oxygen atoms in total. The lowest BCUT2D eigenvalue weighted by molar-refractivity contribution is 0.186. The Morgan fingerprint density at radius 2 is 2.08 bits per heavy atom. The molecule has 0 aliphatic carbocycles. The molecular formula is C17H25N7O. The molecule has 0 saturated carbocycles. The summed E-state index contributed by atoms with van der Waals surface area (Å²) < 4.78 is 9.08. The first kappa shape index (κ1) is 17.3. The fraction of sp³-hybridized carbons (Fsp3) is 0.529. The van der Waals surface area contributed by atoms with Crippen LogP contribution < -0.4 is 4.90 Å². The van der Waals surface area contributed by atoms with Gasteiger partial charge in [0.2, 0.25) is 0 Å². The summed E-state index contributed by atoms with van der Waals surface area (Å²) in [6.07, 6.45) is 2.62. The smallest absolute Gasteiger partial charge is 0.160 e. The number of fused-ring (bicyclic) bond motifs is 1. The Bertz CT molecular complexity index is 867. The first-order valence-corrected chi connectivity index (χ1v) is 8.47. The van der Waals surface area contributed by atoms with Crippen LogP contribution in [0.3, 0.4) is 0 Å². The van der Waals surface area contributed by atoms with Gasteiger partial charge in [0.15, 0.2) is 11.5 Å². The van der Waals surface area contributed by atoms with E-state index in [9.17, 15) is 0 Å². The lowest BCUT2D eigenvalue weighted by Crippen LogP contribution is -2.23. The number of aryl methyl sites for hydroxylation is 3. The van der Waals surface area contributed by atoms with Crippen LogP contribution in [-0.4, -0.2) is 50.1 Å². The van der Waals surface area contributed by atoms with Crippen molar-refractivity contribution >= 4 is 11.5 Å². The monoisotopic (exact) mass is 343 g/mol. The zero-order valence-electron chi connectivity index (χ0n) is 15.5. The van der Waals surface area contributed by atoms with Crippen molar-refractivity contribution in [3.8, 4) is 0 Å². The SMILES string of the molecule is CCc1cc(N(C)Cc2nncn2CCOC)n2nc(C)c(C)c2n1. The molecule has 0 fully saturated rings. The molecule has 0 unspecified atom stereocenters. The molecule has 0 atom stereocenters. The molecule has 0 bridgehead atoms. The van der Waals surface area contributed by atoms with Crippen molar-refractivity contribution in [3.05, 3.63) is 35.2 Å². The van der Waals surface area contributed by atoms with Crippen molar-refractivity contribution in [3.63, 3.8) is 0 Å². The van der Waals surface area contributed by atoms with Crippen LogP contribution in [0.1, 0.15) is 29.7 Å². The van der Waals surface area contributed by atoms with Gasteiger partial charge in [-0.05, 0) is 20.3 Å². The van der Waals surface area contributed by atoms with Gasteiger partial charge in [0.1, 0.15) is 12.1 Å².